The highest BCUT2D eigenvalue weighted by Gasteiger charge is 2.28. The van der Waals surface area contributed by atoms with E-state index in [9.17, 15) is 0 Å². The third-order valence-corrected chi connectivity index (χ3v) is 5.23. The van der Waals surface area contributed by atoms with Crippen LogP contribution in [-0.4, -0.2) is 6.04 Å². The molecular weight excluding hydrogens is 266 g/mol. The van der Waals surface area contributed by atoms with Crippen LogP contribution in [-0.2, 0) is 6.42 Å². The van der Waals surface area contributed by atoms with Gasteiger partial charge in [-0.3, -0.25) is 0 Å². The Bertz CT molecular complexity index is 485. The zero-order chi connectivity index (χ0) is 13.8. The lowest BCUT2D eigenvalue weighted by molar-refractivity contribution is 0.330. The Hall–Kier alpha value is -1.06. The fourth-order valence-corrected chi connectivity index (χ4v) is 4.18. The molecule has 1 N–H and O–H groups in total. The fraction of sp³-hybridized carbons (Fsp3) is 0.529. The molecule has 1 fully saturated rings. The molecule has 3 rings (SSSR count). The maximum Gasteiger partial charge on any atom is 0.105 e. The van der Waals surface area contributed by atoms with Crippen molar-refractivity contribution in [1.29, 1.82) is 0 Å². The Labute approximate surface area is 125 Å². The molecule has 0 bridgehead atoms. The number of hydrogen-bond donors (Lipinski definition) is 1. The van der Waals surface area contributed by atoms with Crippen molar-refractivity contribution < 1.29 is 4.42 Å². The molecule has 2 aromatic rings. The summed E-state index contributed by atoms with van der Waals surface area (Å²) in [5.74, 6) is 1.87. The van der Waals surface area contributed by atoms with Gasteiger partial charge in [0, 0.05) is 23.4 Å². The van der Waals surface area contributed by atoms with Crippen molar-refractivity contribution in [3.63, 3.8) is 0 Å². The summed E-state index contributed by atoms with van der Waals surface area (Å²) in [5.41, 5.74) is 0. The van der Waals surface area contributed by atoms with E-state index in [4.69, 9.17) is 4.42 Å². The van der Waals surface area contributed by atoms with Crippen molar-refractivity contribution in [2.24, 2.45) is 5.92 Å². The number of rotatable bonds is 6. The van der Waals surface area contributed by atoms with E-state index >= 15 is 0 Å². The first kappa shape index (κ1) is 13.9. The van der Waals surface area contributed by atoms with E-state index in [1.54, 1.807) is 6.26 Å². The summed E-state index contributed by atoms with van der Waals surface area (Å²) in [6.07, 6.45) is 8.23. The molecule has 0 radical (unpaired) electrons. The summed E-state index contributed by atoms with van der Waals surface area (Å²) in [4.78, 5) is 1.49. The molecule has 0 aliphatic heterocycles. The highest BCUT2D eigenvalue weighted by Crippen LogP contribution is 2.37. The van der Waals surface area contributed by atoms with Gasteiger partial charge in [-0.25, -0.2) is 0 Å². The zero-order valence-corrected chi connectivity index (χ0v) is 12.9. The highest BCUT2D eigenvalue weighted by atomic mass is 32.1. The molecular formula is C17H23NOS. The summed E-state index contributed by atoms with van der Waals surface area (Å²) in [5, 5.41) is 6.04. The Kier molecular flexibility index (Phi) is 4.58. The molecule has 2 atom stereocenters. The van der Waals surface area contributed by atoms with Crippen LogP contribution in [0.2, 0.25) is 0 Å². The van der Waals surface area contributed by atoms with E-state index in [1.807, 2.05) is 17.4 Å². The van der Waals surface area contributed by atoms with Gasteiger partial charge in [-0.1, -0.05) is 18.9 Å². The van der Waals surface area contributed by atoms with E-state index in [2.05, 4.69) is 35.8 Å². The van der Waals surface area contributed by atoms with Crippen molar-refractivity contribution >= 4 is 11.3 Å². The van der Waals surface area contributed by atoms with Gasteiger partial charge in [-0.05, 0) is 49.3 Å². The lowest BCUT2D eigenvalue weighted by Gasteiger charge is -2.27. The van der Waals surface area contributed by atoms with Gasteiger partial charge in [0.1, 0.15) is 5.76 Å². The van der Waals surface area contributed by atoms with Gasteiger partial charge < -0.3 is 9.73 Å². The Morgan fingerprint density at radius 2 is 2.15 bits per heavy atom. The quantitative estimate of drug-likeness (QED) is 0.827. The van der Waals surface area contributed by atoms with Gasteiger partial charge in [0.2, 0.25) is 0 Å². The molecule has 1 aliphatic rings. The largest absolute Gasteiger partial charge is 0.469 e. The summed E-state index contributed by atoms with van der Waals surface area (Å²) in [6.45, 7) is 2.26. The van der Waals surface area contributed by atoms with Crippen LogP contribution in [0.25, 0.3) is 0 Å². The smallest absolute Gasteiger partial charge is 0.105 e. The second kappa shape index (κ2) is 6.59. The monoisotopic (exact) mass is 289 g/mol. The molecule has 0 saturated heterocycles. The van der Waals surface area contributed by atoms with Crippen LogP contribution in [0.15, 0.2) is 40.3 Å². The molecule has 20 heavy (non-hydrogen) atoms. The van der Waals surface area contributed by atoms with Crippen LogP contribution in [0.1, 0.15) is 49.3 Å². The van der Waals surface area contributed by atoms with Crippen molar-refractivity contribution in [2.45, 2.75) is 51.1 Å². The van der Waals surface area contributed by atoms with E-state index < -0.39 is 0 Å². The Morgan fingerprint density at radius 1 is 1.30 bits per heavy atom. The maximum absolute atomic E-state index is 5.46. The first-order valence-corrected chi connectivity index (χ1v) is 8.52. The predicted octanol–water partition coefficient (Wildman–Crippen LogP) is 4.79. The molecule has 2 nitrogen and oxygen atoms in total. The molecule has 108 valence electrons. The van der Waals surface area contributed by atoms with Crippen LogP contribution >= 0.6 is 11.3 Å². The fourth-order valence-electron chi connectivity index (χ4n) is 3.31. The normalized spacial score (nSPS) is 19.2. The molecule has 2 aromatic heterocycles. The molecule has 1 aliphatic carbocycles. The van der Waals surface area contributed by atoms with Crippen LogP contribution in [0, 0.1) is 5.92 Å². The van der Waals surface area contributed by atoms with Crippen LogP contribution in [0.3, 0.4) is 0 Å². The van der Waals surface area contributed by atoms with Crippen molar-refractivity contribution in [3.8, 4) is 0 Å². The zero-order valence-electron chi connectivity index (χ0n) is 12.0. The Morgan fingerprint density at radius 3 is 2.80 bits per heavy atom. The minimum absolute atomic E-state index is 0.439. The van der Waals surface area contributed by atoms with Gasteiger partial charge in [0.05, 0.1) is 6.26 Å². The molecule has 0 spiro atoms. The van der Waals surface area contributed by atoms with Gasteiger partial charge in [-0.15, -0.1) is 11.3 Å². The van der Waals surface area contributed by atoms with E-state index in [-0.39, 0.29) is 0 Å². The lowest BCUT2D eigenvalue weighted by Crippen LogP contribution is -2.35. The van der Waals surface area contributed by atoms with Crippen LogP contribution in [0.5, 0.6) is 0 Å². The average Bonchev–Trinajstić information content (AvgIpc) is 3.18. The van der Waals surface area contributed by atoms with E-state index in [1.165, 1.54) is 30.6 Å². The van der Waals surface area contributed by atoms with Crippen LogP contribution in [0.4, 0.5) is 0 Å². The Balaban J connectivity index is 1.66. The number of furan rings is 1. The van der Waals surface area contributed by atoms with E-state index in [0.717, 1.165) is 18.1 Å². The average molecular weight is 289 g/mol. The topological polar surface area (TPSA) is 25.2 Å². The first-order valence-electron chi connectivity index (χ1n) is 7.65. The number of hydrogen-bond acceptors (Lipinski definition) is 3. The van der Waals surface area contributed by atoms with Crippen molar-refractivity contribution in [3.05, 3.63) is 46.5 Å². The van der Waals surface area contributed by atoms with Gasteiger partial charge in [0.15, 0.2) is 0 Å². The summed E-state index contributed by atoms with van der Waals surface area (Å²) in [7, 11) is 0. The molecule has 2 unspecified atom stereocenters. The molecule has 0 amide bonds. The molecule has 2 heterocycles. The second-order valence-electron chi connectivity index (χ2n) is 5.89. The minimum Gasteiger partial charge on any atom is -0.469 e. The van der Waals surface area contributed by atoms with Crippen molar-refractivity contribution in [1.82, 2.24) is 5.32 Å². The SMILES string of the molecule is CC(Cc1ccco1)NC(c1cccs1)C1CCCC1. The lowest BCUT2D eigenvalue weighted by atomic mass is 9.95. The number of thiophene rings is 1. The van der Waals surface area contributed by atoms with E-state index in [0.29, 0.717) is 12.1 Å². The van der Waals surface area contributed by atoms with Crippen molar-refractivity contribution in [2.75, 3.05) is 0 Å². The maximum atomic E-state index is 5.46. The van der Waals surface area contributed by atoms with Gasteiger partial charge in [0.25, 0.3) is 0 Å². The summed E-state index contributed by atoms with van der Waals surface area (Å²) < 4.78 is 5.46. The molecule has 3 heteroatoms. The standard InChI is InChI=1S/C17H23NOS/c1-13(12-15-8-4-10-19-15)18-17(14-6-2-3-7-14)16-9-5-11-20-16/h4-5,8-11,13-14,17-18H,2-3,6-7,12H2,1H3. The van der Waals surface area contributed by atoms with Gasteiger partial charge in [-0.2, -0.15) is 0 Å². The highest BCUT2D eigenvalue weighted by molar-refractivity contribution is 7.10. The predicted molar refractivity (Wildman–Crippen MR) is 84.0 cm³/mol. The summed E-state index contributed by atoms with van der Waals surface area (Å²) in [6, 6.07) is 9.43. The number of nitrogens with one attached hydrogen (secondary N) is 1. The summed E-state index contributed by atoms with van der Waals surface area (Å²) >= 11 is 1.88. The second-order valence-corrected chi connectivity index (χ2v) is 6.87. The third-order valence-electron chi connectivity index (χ3n) is 4.27. The minimum atomic E-state index is 0.439. The molecule has 1 saturated carbocycles. The third kappa shape index (κ3) is 3.33. The van der Waals surface area contributed by atoms with Crippen LogP contribution < -0.4 is 5.32 Å². The first-order chi connectivity index (χ1) is 9.83. The van der Waals surface area contributed by atoms with Gasteiger partial charge >= 0.3 is 0 Å². The molecule has 0 aromatic carbocycles.